The van der Waals surface area contributed by atoms with Crippen molar-refractivity contribution < 1.29 is 14.3 Å². The first-order valence-electron chi connectivity index (χ1n) is 9.70. The molecule has 0 spiro atoms. The lowest BCUT2D eigenvalue weighted by Gasteiger charge is -2.30. The molecule has 0 unspecified atom stereocenters. The summed E-state index contributed by atoms with van der Waals surface area (Å²) >= 11 is 0. The first kappa shape index (κ1) is 17.9. The molecule has 5 nitrogen and oxygen atoms in total. The number of amides is 1. The van der Waals surface area contributed by atoms with Crippen molar-refractivity contribution >= 4 is 11.6 Å². The molecule has 0 aliphatic carbocycles. The molecule has 1 fully saturated rings. The fourth-order valence-electron chi connectivity index (χ4n) is 3.77. The zero-order chi connectivity index (χ0) is 18.6. The fraction of sp³-hybridized carbons (Fsp3) is 0.409. The summed E-state index contributed by atoms with van der Waals surface area (Å²) in [4.78, 5) is 15.0. The molecule has 1 atom stereocenters. The van der Waals surface area contributed by atoms with Gasteiger partial charge in [-0.1, -0.05) is 19.1 Å². The maximum absolute atomic E-state index is 12.5. The molecule has 2 aromatic carbocycles. The predicted molar refractivity (Wildman–Crippen MR) is 106 cm³/mol. The zero-order valence-corrected chi connectivity index (χ0v) is 15.7. The second-order valence-corrected chi connectivity index (χ2v) is 7.49. The van der Waals surface area contributed by atoms with E-state index in [0.29, 0.717) is 30.2 Å². The SMILES string of the molecule is C[C@H]1CCCN(Cc2ccc(C(=O)Nc3ccc4c(c3)OCCO4)cc2)C1. The number of ether oxygens (including phenoxy) is 2. The van der Waals surface area contributed by atoms with Gasteiger partial charge in [0.2, 0.25) is 0 Å². The van der Waals surface area contributed by atoms with Gasteiger partial charge in [-0.25, -0.2) is 0 Å². The van der Waals surface area contributed by atoms with Crippen LogP contribution in [0.3, 0.4) is 0 Å². The van der Waals surface area contributed by atoms with Crippen molar-refractivity contribution in [3.8, 4) is 11.5 Å². The largest absolute Gasteiger partial charge is 0.486 e. The lowest BCUT2D eigenvalue weighted by atomic mass is 9.99. The monoisotopic (exact) mass is 366 g/mol. The molecule has 1 N–H and O–H groups in total. The van der Waals surface area contributed by atoms with Crippen molar-refractivity contribution in [1.82, 2.24) is 4.90 Å². The van der Waals surface area contributed by atoms with Crippen LogP contribution < -0.4 is 14.8 Å². The van der Waals surface area contributed by atoms with Gasteiger partial charge in [0.25, 0.3) is 5.91 Å². The van der Waals surface area contributed by atoms with Gasteiger partial charge in [-0.15, -0.1) is 0 Å². The Labute approximate surface area is 160 Å². The highest BCUT2D eigenvalue weighted by Crippen LogP contribution is 2.32. The summed E-state index contributed by atoms with van der Waals surface area (Å²) in [6.45, 7) is 6.68. The van der Waals surface area contributed by atoms with E-state index in [0.717, 1.165) is 31.3 Å². The minimum absolute atomic E-state index is 0.121. The second-order valence-electron chi connectivity index (χ2n) is 7.49. The average Bonchev–Trinajstić information content (AvgIpc) is 2.68. The van der Waals surface area contributed by atoms with Gasteiger partial charge in [0.15, 0.2) is 11.5 Å². The molecule has 1 saturated heterocycles. The first-order chi connectivity index (χ1) is 13.2. The van der Waals surface area contributed by atoms with E-state index >= 15 is 0 Å². The number of hydrogen-bond acceptors (Lipinski definition) is 4. The van der Waals surface area contributed by atoms with Gasteiger partial charge in [-0.2, -0.15) is 0 Å². The van der Waals surface area contributed by atoms with Crippen LogP contribution in [0.4, 0.5) is 5.69 Å². The van der Waals surface area contributed by atoms with Gasteiger partial charge >= 0.3 is 0 Å². The zero-order valence-electron chi connectivity index (χ0n) is 15.7. The van der Waals surface area contributed by atoms with Crippen molar-refractivity contribution in [3.63, 3.8) is 0 Å². The number of carbonyl (C=O) groups is 1. The van der Waals surface area contributed by atoms with Crippen molar-refractivity contribution in [2.24, 2.45) is 5.92 Å². The third-order valence-corrected chi connectivity index (χ3v) is 5.16. The Morgan fingerprint density at radius 3 is 2.67 bits per heavy atom. The van der Waals surface area contributed by atoms with Crippen LogP contribution in [0.1, 0.15) is 35.7 Å². The number of likely N-dealkylation sites (tertiary alicyclic amines) is 1. The molecule has 5 heteroatoms. The topological polar surface area (TPSA) is 50.8 Å². The van der Waals surface area contributed by atoms with Gasteiger partial charge in [-0.05, 0) is 55.1 Å². The number of hydrogen-bond donors (Lipinski definition) is 1. The van der Waals surface area contributed by atoms with Crippen molar-refractivity contribution in [3.05, 3.63) is 53.6 Å². The van der Waals surface area contributed by atoms with Crippen LogP contribution in [0, 0.1) is 5.92 Å². The molecule has 0 aromatic heterocycles. The van der Waals surface area contributed by atoms with Crippen LogP contribution in [0.25, 0.3) is 0 Å². The van der Waals surface area contributed by atoms with E-state index in [1.54, 1.807) is 6.07 Å². The Morgan fingerprint density at radius 2 is 1.89 bits per heavy atom. The lowest BCUT2D eigenvalue weighted by Crippen LogP contribution is -2.33. The normalized spacial score (nSPS) is 19.5. The molecule has 0 bridgehead atoms. The molecule has 2 aliphatic rings. The summed E-state index contributed by atoms with van der Waals surface area (Å²) in [5, 5.41) is 2.93. The minimum atomic E-state index is -0.121. The van der Waals surface area contributed by atoms with E-state index in [1.807, 2.05) is 24.3 Å². The van der Waals surface area contributed by atoms with Gasteiger partial charge < -0.3 is 14.8 Å². The molecule has 0 saturated carbocycles. The Kier molecular flexibility index (Phi) is 5.30. The summed E-state index contributed by atoms with van der Waals surface area (Å²) in [5.74, 6) is 2.04. The number of piperidine rings is 1. The van der Waals surface area contributed by atoms with Gasteiger partial charge in [0.05, 0.1) is 0 Å². The van der Waals surface area contributed by atoms with Crippen LogP contribution in [0.15, 0.2) is 42.5 Å². The van der Waals surface area contributed by atoms with E-state index in [1.165, 1.54) is 18.4 Å². The molecule has 2 aromatic rings. The number of rotatable bonds is 4. The Bertz CT molecular complexity index is 804. The Balaban J connectivity index is 1.37. The maximum atomic E-state index is 12.5. The Hall–Kier alpha value is -2.53. The summed E-state index contributed by atoms with van der Waals surface area (Å²) < 4.78 is 11.1. The Morgan fingerprint density at radius 1 is 1.11 bits per heavy atom. The van der Waals surface area contributed by atoms with E-state index in [4.69, 9.17) is 9.47 Å². The van der Waals surface area contributed by atoms with Crippen LogP contribution in [0.2, 0.25) is 0 Å². The fourth-order valence-corrected chi connectivity index (χ4v) is 3.77. The van der Waals surface area contributed by atoms with Crippen molar-refractivity contribution in [2.45, 2.75) is 26.3 Å². The minimum Gasteiger partial charge on any atom is -0.486 e. The third-order valence-electron chi connectivity index (χ3n) is 5.16. The second kappa shape index (κ2) is 8.01. The van der Waals surface area contributed by atoms with Gasteiger partial charge in [-0.3, -0.25) is 9.69 Å². The summed E-state index contributed by atoms with van der Waals surface area (Å²) in [6.07, 6.45) is 2.60. The molecule has 4 rings (SSSR count). The van der Waals surface area contributed by atoms with Gasteiger partial charge in [0.1, 0.15) is 13.2 Å². The quantitative estimate of drug-likeness (QED) is 0.890. The van der Waals surface area contributed by atoms with Crippen molar-refractivity contribution in [1.29, 1.82) is 0 Å². The standard InChI is InChI=1S/C22H26N2O3/c1-16-3-2-10-24(14-16)15-17-4-6-18(7-5-17)22(25)23-19-8-9-20-21(13-19)27-12-11-26-20/h4-9,13,16H,2-3,10-12,14-15H2,1H3,(H,23,25)/t16-/m0/s1. The van der Waals surface area contributed by atoms with E-state index in [9.17, 15) is 4.79 Å². The first-order valence-corrected chi connectivity index (χ1v) is 9.70. The predicted octanol–water partition coefficient (Wildman–Crippen LogP) is 3.94. The molecular weight excluding hydrogens is 340 g/mol. The van der Waals surface area contributed by atoms with Gasteiger partial charge in [0, 0.05) is 30.4 Å². The molecule has 142 valence electrons. The molecule has 27 heavy (non-hydrogen) atoms. The van der Waals surface area contributed by atoms with Crippen LogP contribution in [-0.4, -0.2) is 37.1 Å². The molecule has 2 heterocycles. The molecule has 2 aliphatic heterocycles. The van der Waals surface area contributed by atoms with E-state index in [2.05, 4.69) is 29.3 Å². The maximum Gasteiger partial charge on any atom is 0.255 e. The van der Waals surface area contributed by atoms with Crippen LogP contribution >= 0.6 is 0 Å². The molecule has 0 radical (unpaired) electrons. The summed E-state index contributed by atoms with van der Waals surface area (Å²) in [7, 11) is 0. The third kappa shape index (κ3) is 4.42. The average molecular weight is 366 g/mol. The number of nitrogens with one attached hydrogen (secondary N) is 1. The number of fused-ring (bicyclic) bond motifs is 1. The lowest BCUT2D eigenvalue weighted by molar-refractivity contribution is 0.102. The van der Waals surface area contributed by atoms with Crippen molar-refractivity contribution in [2.75, 3.05) is 31.6 Å². The molecule has 1 amide bonds. The molecular formula is C22H26N2O3. The van der Waals surface area contributed by atoms with Crippen LogP contribution in [0.5, 0.6) is 11.5 Å². The summed E-state index contributed by atoms with van der Waals surface area (Å²) in [5.41, 5.74) is 2.61. The van der Waals surface area contributed by atoms with Crippen LogP contribution in [-0.2, 0) is 6.54 Å². The summed E-state index contributed by atoms with van der Waals surface area (Å²) in [6, 6.07) is 13.4. The number of nitrogens with zero attached hydrogens (tertiary/aromatic N) is 1. The number of carbonyl (C=O) groups excluding carboxylic acids is 1. The smallest absolute Gasteiger partial charge is 0.255 e. The highest BCUT2D eigenvalue weighted by Gasteiger charge is 2.17. The number of benzene rings is 2. The highest BCUT2D eigenvalue weighted by molar-refractivity contribution is 6.04. The highest BCUT2D eigenvalue weighted by atomic mass is 16.6. The number of anilines is 1. The van der Waals surface area contributed by atoms with E-state index in [-0.39, 0.29) is 5.91 Å². The van der Waals surface area contributed by atoms with E-state index < -0.39 is 0 Å².